The van der Waals surface area contributed by atoms with Crippen molar-refractivity contribution in [3.63, 3.8) is 0 Å². The SMILES string of the molecule is CNS(=O)(=O)c1ccc(NCC(O)CC(C)(C)C)cc1. The van der Waals surface area contributed by atoms with Crippen molar-refractivity contribution in [3.8, 4) is 0 Å². The summed E-state index contributed by atoms with van der Waals surface area (Å²) in [7, 11) is -2.02. The van der Waals surface area contributed by atoms with Gasteiger partial charge in [-0.3, -0.25) is 0 Å². The smallest absolute Gasteiger partial charge is 0.240 e. The molecule has 0 aliphatic rings. The van der Waals surface area contributed by atoms with Gasteiger partial charge in [-0.2, -0.15) is 0 Å². The average molecular weight is 300 g/mol. The second-order valence-corrected chi connectivity index (χ2v) is 7.92. The molecule has 6 heteroatoms. The molecule has 0 amide bonds. The van der Waals surface area contributed by atoms with Crippen LogP contribution in [-0.2, 0) is 10.0 Å². The Morgan fingerprint density at radius 3 is 2.20 bits per heavy atom. The van der Waals surface area contributed by atoms with E-state index in [2.05, 4.69) is 30.8 Å². The molecule has 20 heavy (non-hydrogen) atoms. The first-order valence-corrected chi connectivity index (χ1v) is 8.08. The molecule has 0 saturated heterocycles. The zero-order valence-corrected chi connectivity index (χ0v) is 13.3. The quantitative estimate of drug-likeness (QED) is 0.748. The zero-order valence-electron chi connectivity index (χ0n) is 12.5. The van der Waals surface area contributed by atoms with E-state index < -0.39 is 16.1 Å². The minimum atomic E-state index is -3.40. The summed E-state index contributed by atoms with van der Waals surface area (Å²) >= 11 is 0. The van der Waals surface area contributed by atoms with Crippen molar-refractivity contribution in [1.29, 1.82) is 0 Å². The monoisotopic (exact) mass is 300 g/mol. The maximum absolute atomic E-state index is 11.6. The summed E-state index contributed by atoms with van der Waals surface area (Å²) in [4.78, 5) is 0.223. The summed E-state index contributed by atoms with van der Waals surface area (Å²) in [5.74, 6) is 0. The molecule has 1 aromatic carbocycles. The molecule has 0 heterocycles. The molecule has 0 aromatic heterocycles. The third-order valence-corrected chi connectivity index (χ3v) is 4.25. The van der Waals surface area contributed by atoms with Gasteiger partial charge in [0.1, 0.15) is 0 Å². The summed E-state index contributed by atoms with van der Waals surface area (Å²) in [5.41, 5.74) is 0.860. The fourth-order valence-electron chi connectivity index (χ4n) is 1.88. The lowest BCUT2D eigenvalue weighted by Gasteiger charge is -2.22. The predicted molar refractivity (Wildman–Crippen MR) is 81.3 cm³/mol. The third kappa shape index (κ3) is 5.48. The molecule has 5 nitrogen and oxygen atoms in total. The Morgan fingerprint density at radius 2 is 1.75 bits per heavy atom. The molecule has 3 N–H and O–H groups in total. The molecular formula is C14H24N2O3S. The fraction of sp³-hybridized carbons (Fsp3) is 0.571. The minimum absolute atomic E-state index is 0.0752. The Balaban J connectivity index is 2.59. The van der Waals surface area contributed by atoms with Crippen molar-refractivity contribution in [3.05, 3.63) is 24.3 Å². The van der Waals surface area contributed by atoms with E-state index in [4.69, 9.17) is 0 Å². The predicted octanol–water partition coefficient (Wildman–Crippen LogP) is 1.80. The highest BCUT2D eigenvalue weighted by Crippen LogP contribution is 2.21. The van der Waals surface area contributed by atoms with Crippen LogP contribution in [0.5, 0.6) is 0 Å². The average Bonchev–Trinajstić information content (AvgIpc) is 2.35. The molecule has 0 fully saturated rings. The highest BCUT2D eigenvalue weighted by molar-refractivity contribution is 7.89. The molecule has 0 aliphatic carbocycles. The molecule has 114 valence electrons. The van der Waals surface area contributed by atoms with E-state index >= 15 is 0 Å². The number of anilines is 1. The highest BCUT2D eigenvalue weighted by atomic mass is 32.2. The van der Waals surface area contributed by atoms with Gasteiger partial charge < -0.3 is 10.4 Å². The molecule has 0 aliphatic heterocycles. The highest BCUT2D eigenvalue weighted by Gasteiger charge is 2.16. The molecule has 1 atom stereocenters. The first kappa shape index (κ1) is 16.9. The number of nitrogens with one attached hydrogen (secondary N) is 2. The number of hydrogen-bond acceptors (Lipinski definition) is 4. The molecule has 0 radical (unpaired) electrons. The van der Waals surface area contributed by atoms with E-state index in [1.165, 1.54) is 19.2 Å². The maximum atomic E-state index is 11.6. The number of benzene rings is 1. The van der Waals surface area contributed by atoms with Gasteiger partial charge in [0, 0.05) is 12.2 Å². The molecule has 1 rings (SSSR count). The van der Waals surface area contributed by atoms with E-state index in [-0.39, 0.29) is 10.3 Å². The molecular weight excluding hydrogens is 276 g/mol. The van der Waals surface area contributed by atoms with E-state index in [9.17, 15) is 13.5 Å². The Bertz CT molecular complexity index is 518. The van der Waals surface area contributed by atoms with Gasteiger partial charge in [0.2, 0.25) is 10.0 Å². The largest absolute Gasteiger partial charge is 0.391 e. The van der Waals surface area contributed by atoms with Crippen molar-refractivity contribution in [2.75, 3.05) is 18.9 Å². The van der Waals surface area contributed by atoms with Crippen LogP contribution in [0.4, 0.5) is 5.69 Å². The van der Waals surface area contributed by atoms with E-state index in [1.54, 1.807) is 12.1 Å². The lowest BCUT2D eigenvalue weighted by atomic mass is 9.89. The van der Waals surface area contributed by atoms with Gasteiger partial charge in [-0.15, -0.1) is 0 Å². The summed E-state index contributed by atoms with van der Waals surface area (Å²) in [6.45, 7) is 6.67. The van der Waals surface area contributed by atoms with Crippen molar-refractivity contribution in [2.24, 2.45) is 5.41 Å². The Morgan fingerprint density at radius 1 is 1.20 bits per heavy atom. The van der Waals surface area contributed by atoms with Crippen LogP contribution >= 0.6 is 0 Å². The van der Waals surface area contributed by atoms with Gasteiger partial charge in [0.25, 0.3) is 0 Å². The number of hydrogen-bond donors (Lipinski definition) is 3. The Kier molecular flexibility index (Phi) is 5.56. The number of aliphatic hydroxyl groups is 1. The normalized spacial score (nSPS) is 14.1. The zero-order chi connectivity index (χ0) is 15.4. The number of sulfonamides is 1. The van der Waals surface area contributed by atoms with Crippen LogP contribution in [0, 0.1) is 5.41 Å². The number of rotatable bonds is 6. The van der Waals surface area contributed by atoms with Crippen LogP contribution in [0.1, 0.15) is 27.2 Å². The van der Waals surface area contributed by atoms with Gasteiger partial charge in [0.05, 0.1) is 11.0 Å². The summed E-state index contributed by atoms with van der Waals surface area (Å²) in [6.07, 6.45) is 0.266. The summed E-state index contributed by atoms with van der Waals surface area (Å²) in [6, 6.07) is 6.44. The van der Waals surface area contributed by atoms with Crippen LogP contribution < -0.4 is 10.0 Å². The van der Waals surface area contributed by atoms with Crippen molar-refractivity contribution < 1.29 is 13.5 Å². The van der Waals surface area contributed by atoms with Gasteiger partial charge in [-0.05, 0) is 43.1 Å². The summed E-state index contributed by atoms with van der Waals surface area (Å²) in [5, 5.41) is 13.0. The molecule has 1 aromatic rings. The van der Waals surface area contributed by atoms with Crippen LogP contribution in [0.15, 0.2) is 29.2 Å². The van der Waals surface area contributed by atoms with Gasteiger partial charge in [-0.1, -0.05) is 20.8 Å². The Hall–Kier alpha value is -1.11. The van der Waals surface area contributed by atoms with Crippen molar-refractivity contribution >= 4 is 15.7 Å². The molecule has 0 bridgehead atoms. The number of aliphatic hydroxyl groups excluding tert-OH is 1. The van der Waals surface area contributed by atoms with Crippen molar-refractivity contribution in [1.82, 2.24) is 4.72 Å². The first-order chi connectivity index (χ1) is 9.14. The molecule has 0 spiro atoms. The van der Waals surface area contributed by atoms with E-state index in [1.807, 2.05) is 0 Å². The Labute approximate surface area is 121 Å². The third-order valence-electron chi connectivity index (χ3n) is 2.82. The lowest BCUT2D eigenvalue weighted by Crippen LogP contribution is -2.25. The molecule has 1 unspecified atom stereocenters. The lowest BCUT2D eigenvalue weighted by molar-refractivity contribution is 0.132. The van der Waals surface area contributed by atoms with Gasteiger partial charge in [0.15, 0.2) is 0 Å². The van der Waals surface area contributed by atoms with E-state index in [0.717, 1.165) is 5.69 Å². The topological polar surface area (TPSA) is 78.4 Å². The van der Waals surface area contributed by atoms with Gasteiger partial charge >= 0.3 is 0 Å². The van der Waals surface area contributed by atoms with Crippen LogP contribution in [-0.4, -0.2) is 33.2 Å². The molecule has 0 saturated carbocycles. The fourth-order valence-corrected chi connectivity index (χ4v) is 2.61. The first-order valence-electron chi connectivity index (χ1n) is 6.59. The minimum Gasteiger partial charge on any atom is -0.391 e. The second-order valence-electron chi connectivity index (χ2n) is 6.03. The van der Waals surface area contributed by atoms with E-state index in [0.29, 0.717) is 13.0 Å². The standard InChI is InChI=1S/C14H24N2O3S/c1-14(2,3)9-12(17)10-16-11-5-7-13(8-6-11)20(18,19)15-4/h5-8,12,15-17H,9-10H2,1-4H3. The van der Waals surface area contributed by atoms with Gasteiger partial charge in [-0.25, -0.2) is 13.1 Å². The maximum Gasteiger partial charge on any atom is 0.240 e. The summed E-state index contributed by atoms with van der Waals surface area (Å²) < 4.78 is 25.4. The van der Waals surface area contributed by atoms with Crippen LogP contribution in [0.3, 0.4) is 0 Å². The van der Waals surface area contributed by atoms with Crippen LogP contribution in [0.25, 0.3) is 0 Å². The van der Waals surface area contributed by atoms with Crippen LogP contribution in [0.2, 0.25) is 0 Å². The van der Waals surface area contributed by atoms with Crippen molar-refractivity contribution in [2.45, 2.75) is 38.2 Å². The second kappa shape index (κ2) is 6.56.